The van der Waals surface area contributed by atoms with Gasteiger partial charge in [-0.1, -0.05) is 6.08 Å². The average molecular weight is 222 g/mol. The molecule has 0 saturated carbocycles. The molecular formula is C11H18N4O. The summed E-state index contributed by atoms with van der Waals surface area (Å²) in [7, 11) is 1.70. The topological polar surface area (TPSA) is 72.9 Å². The van der Waals surface area contributed by atoms with E-state index in [4.69, 9.17) is 5.73 Å². The zero-order valence-electron chi connectivity index (χ0n) is 9.95. The van der Waals surface area contributed by atoms with Gasteiger partial charge in [0.05, 0.1) is 11.4 Å². The van der Waals surface area contributed by atoms with E-state index in [1.54, 1.807) is 20.0 Å². The molecule has 0 saturated heterocycles. The number of nitrogen functional groups attached to an aromatic ring is 1. The van der Waals surface area contributed by atoms with Crippen molar-refractivity contribution in [2.24, 2.45) is 7.05 Å². The second-order valence-electron chi connectivity index (χ2n) is 3.87. The molecule has 1 unspecified atom stereocenters. The molecule has 0 radical (unpaired) electrons. The van der Waals surface area contributed by atoms with Crippen LogP contribution >= 0.6 is 0 Å². The molecule has 0 spiro atoms. The number of aromatic nitrogens is 2. The lowest BCUT2D eigenvalue weighted by molar-refractivity contribution is 0.0932. The van der Waals surface area contributed by atoms with Crippen LogP contribution in [0.1, 0.15) is 29.5 Å². The highest BCUT2D eigenvalue weighted by Crippen LogP contribution is 2.15. The minimum Gasteiger partial charge on any atom is -0.395 e. The van der Waals surface area contributed by atoms with Crippen molar-refractivity contribution >= 4 is 11.6 Å². The SMILES string of the molecule is C=CCC(C)NC(=O)c1c(N)c(C)nn1C. The Morgan fingerprint density at radius 2 is 2.38 bits per heavy atom. The third-order valence-electron chi connectivity index (χ3n) is 2.38. The first kappa shape index (κ1) is 12.3. The van der Waals surface area contributed by atoms with E-state index in [1.165, 1.54) is 4.68 Å². The molecule has 0 fully saturated rings. The largest absolute Gasteiger partial charge is 0.395 e. The number of nitrogens with two attached hydrogens (primary N) is 1. The number of aryl methyl sites for hydroxylation is 2. The summed E-state index contributed by atoms with van der Waals surface area (Å²) < 4.78 is 1.50. The maximum absolute atomic E-state index is 11.9. The van der Waals surface area contributed by atoms with E-state index in [9.17, 15) is 4.79 Å². The number of nitrogens with zero attached hydrogens (tertiary/aromatic N) is 2. The quantitative estimate of drug-likeness (QED) is 0.747. The van der Waals surface area contributed by atoms with E-state index >= 15 is 0 Å². The standard InChI is InChI=1S/C11H18N4O/c1-5-6-7(2)13-11(16)10-9(12)8(3)14-15(10)4/h5,7H,1,6,12H2,2-4H3,(H,13,16). The van der Waals surface area contributed by atoms with Crippen LogP contribution in [0.3, 0.4) is 0 Å². The lowest BCUT2D eigenvalue weighted by Crippen LogP contribution is -2.33. The minimum absolute atomic E-state index is 0.0413. The first-order valence-corrected chi connectivity index (χ1v) is 5.18. The molecule has 3 N–H and O–H groups in total. The van der Waals surface area contributed by atoms with E-state index in [0.29, 0.717) is 17.1 Å². The van der Waals surface area contributed by atoms with Crippen LogP contribution in [0.4, 0.5) is 5.69 Å². The van der Waals surface area contributed by atoms with Gasteiger partial charge in [-0.15, -0.1) is 6.58 Å². The van der Waals surface area contributed by atoms with Crippen LogP contribution in [-0.4, -0.2) is 21.7 Å². The van der Waals surface area contributed by atoms with E-state index < -0.39 is 0 Å². The molecule has 1 atom stereocenters. The highest BCUT2D eigenvalue weighted by atomic mass is 16.2. The zero-order chi connectivity index (χ0) is 12.3. The summed E-state index contributed by atoms with van der Waals surface area (Å²) in [5.74, 6) is -0.199. The van der Waals surface area contributed by atoms with Gasteiger partial charge in [-0.3, -0.25) is 9.48 Å². The molecule has 1 rings (SSSR count). The maximum Gasteiger partial charge on any atom is 0.271 e. The second-order valence-corrected chi connectivity index (χ2v) is 3.87. The van der Waals surface area contributed by atoms with Crippen LogP contribution in [0.15, 0.2) is 12.7 Å². The summed E-state index contributed by atoms with van der Waals surface area (Å²) in [4.78, 5) is 11.9. The Hall–Kier alpha value is -1.78. The smallest absolute Gasteiger partial charge is 0.271 e. The summed E-state index contributed by atoms with van der Waals surface area (Å²) in [5.41, 5.74) is 7.31. The van der Waals surface area contributed by atoms with Crippen molar-refractivity contribution in [3.05, 3.63) is 24.0 Å². The third-order valence-corrected chi connectivity index (χ3v) is 2.38. The number of hydrogen-bond donors (Lipinski definition) is 2. The van der Waals surface area contributed by atoms with Crippen molar-refractivity contribution < 1.29 is 4.79 Å². The summed E-state index contributed by atoms with van der Waals surface area (Å²) >= 11 is 0. The van der Waals surface area contributed by atoms with E-state index in [1.807, 2.05) is 6.92 Å². The van der Waals surface area contributed by atoms with Crippen molar-refractivity contribution in [2.45, 2.75) is 26.3 Å². The average Bonchev–Trinajstić information content (AvgIpc) is 2.41. The fourth-order valence-electron chi connectivity index (χ4n) is 1.54. The van der Waals surface area contributed by atoms with E-state index in [2.05, 4.69) is 17.0 Å². The number of amides is 1. The van der Waals surface area contributed by atoms with Crippen LogP contribution in [0.5, 0.6) is 0 Å². The number of anilines is 1. The minimum atomic E-state index is -0.199. The van der Waals surface area contributed by atoms with E-state index in [-0.39, 0.29) is 11.9 Å². The number of rotatable bonds is 4. The van der Waals surface area contributed by atoms with Crippen LogP contribution in [0.2, 0.25) is 0 Å². The first-order chi connectivity index (χ1) is 7.47. The predicted molar refractivity (Wildman–Crippen MR) is 64.1 cm³/mol. The predicted octanol–water partition coefficient (Wildman–Crippen LogP) is 1.01. The Morgan fingerprint density at radius 1 is 1.75 bits per heavy atom. The van der Waals surface area contributed by atoms with Crippen molar-refractivity contribution in [2.75, 3.05) is 5.73 Å². The lowest BCUT2D eigenvalue weighted by Gasteiger charge is -2.12. The highest BCUT2D eigenvalue weighted by Gasteiger charge is 2.18. The van der Waals surface area contributed by atoms with Gasteiger partial charge < -0.3 is 11.1 Å². The number of hydrogen-bond acceptors (Lipinski definition) is 3. The van der Waals surface area contributed by atoms with Crippen molar-refractivity contribution in [3.8, 4) is 0 Å². The molecule has 88 valence electrons. The monoisotopic (exact) mass is 222 g/mol. The third kappa shape index (κ3) is 2.42. The molecule has 0 aromatic carbocycles. The number of carbonyl (C=O) groups excluding carboxylic acids is 1. The summed E-state index contributed by atoms with van der Waals surface area (Å²) in [6.45, 7) is 7.32. The van der Waals surface area contributed by atoms with Gasteiger partial charge in [0.1, 0.15) is 5.69 Å². The molecule has 5 heteroatoms. The number of carbonyl (C=O) groups is 1. The van der Waals surface area contributed by atoms with Crippen LogP contribution in [0, 0.1) is 6.92 Å². The van der Waals surface area contributed by atoms with Gasteiger partial charge in [0.2, 0.25) is 0 Å². The molecule has 1 aromatic heterocycles. The maximum atomic E-state index is 11.9. The van der Waals surface area contributed by atoms with Gasteiger partial charge in [0.25, 0.3) is 5.91 Å². The van der Waals surface area contributed by atoms with Gasteiger partial charge in [-0.05, 0) is 20.3 Å². The van der Waals surface area contributed by atoms with Gasteiger partial charge >= 0.3 is 0 Å². The Bertz CT molecular complexity index is 408. The van der Waals surface area contributed by atoms with Gasteiger partial charge in [0.15, 0.2) is 0 Å². The highest BCUT2D eigenvalue weighted by molar-refractivity contribution is 5.98. The van der Waals surface area contributed by atoms with Gasteiger partial charge in [-0.25, -0.2) is 0 Å². The van der Waals surface area contributed by atoms with Gasteiger partial charge in [-0.2, -0.15) is 5.10 Å². The van der Waals surface area contributed by atoms with E-state index in [0.717, 1.165) is 6.42 Å². The molecular weight excluding hydrogens is 204 g/mol. The second kappa shape index (κ2) is 4.83. The first-order valence-electron chi connectivity index (χ1n) is 5.18. The Labute approximate surface area is 95.3 Å². The lowest BCUT2D eigenvalue weighted by atomic mass is 10.2. The van der Waals surface area contributed by atoms with Crippen molar-refractivity contribution in [1.82, 2.24) is 15.1 Å². The molecule has 1 heterocycles. The Balaban J connectivity index is 2.84. The summed E-state index contributed by atoms with van der Waals surface area (Å²) in [5, 5.41) is 6.94. The molecule has 5 nitrogen and oxygen atoms in total. The fourth-order valence-corrected chi connectivity index (χ4v) is 1.54. The Kier molecular flexibility index (Phi) is 3.71. The van der Waals surface area contributed by atoms with Crippen LogP contribution in [-0.2, 0) is 7.05 Å². The summed E-state index contributed by atoms with van der Waals surface area (Å²) in [6.07, 6.45) is 2.49. The molecule has 0 aliphatic heterocycles. The van der Waals surface area contributed by atoms with Crippen LogP contribution < -0.4 is 11.1 Å². The normalized spacial score (nSPS) is 12.2. The molecule has 0 bridgehead atoms. The molecule has 16 heavy (non-hydrogen) atoms. The summed E-state index contributed by atoms with van der Waals surface area (Å²) in [6, 6.07) is 0.0413. The Morgan fingerprint density at radius 3 is 2.81 bits per heavy atom. The number of nitrogens with one attached hydrogen (secondary N) is 1. The molecule has 1 aromatic rings. The molecule has 0 aliphatic carbocycles. The molecule has 0 aliphatic rings. The zero-order valence-corrected chi connectivity index (χ0v) is 9.95. The van der Waals surface area contributed by atoms with Crippen molar-refractivity contribution in [1.29, 1.82) is 0 Å². The fraction of sp³-hybridized carbons (Fsp3) is 0.455. The van der Waals surface area contributed by atoms with Crippen molar-refractivity contribution in [3.63, 3.8) is 0 Å². The molecule has 1 amide bonds. The van der Waals surface area contributed by atoms with Crippen LogP contribution in [0.25, 0.3) is 0 Å². The van der Waals surface area contributed by atoms with Gasteiger partial charge in [0, 0.05) is 13.1 Å².